The first kappa shape index (κ1) is 21.1. The fourth-order valence-corrected chi connectivity index (χ4v) is 4.56. The van der Waals surface area contributed by atoms with Gasteiger partial charge in [-0.25, -0.2) is 14.8 Å². The van der Waals surface area contributed by atoms with Gasteiger partial charge in [0.2, 0.25) is 5.88 Å². The van der Waals surface area contributed by atoms with Gasteiger partial charge in [0.25, 0.3) is 0 Å². The number of aryl methyl sites for hydroxylation is 2. The van der Waals surface area contributed by atoms with E-state index in [1.807, 2.05) is 57.1 Å². The first-order valence-corrected chi connectivity index (χ1v) is 10.5. The molecule has 0 spiro atoms. The molecule has 0 aromatic carbocycles. The normalized spacial score (nSPS) is 19.4. The molecule has 0 aliphatic carbocycles. The van der Waals surface area contributed by atoms with Gasteiger partial charge in [0, 0.05) is 32.3 Å². The molecule has 4 rings (SSSR count). The van der Waals surface area contributed by atoms with Crippen molar-refractivity contribution in [3.05, 3.63) is 18.2 Å². The number of hydrogen-bond acceptors (Lipinski definition) is 6. The lowest BCUT2D eigenvalue weighted by Crippen LogP contribution is -2.48. The highest BCUT2D eigenvalue weighted by Gasteiger charge is 2.45. The summed E-state index contributed by atoms with van der Waals surface area (Å²) in [5.74, 6) is 1.11. The molecule has 1 amide bonds. The molecule has 3 aromatic heterocycles. The van der Waals surface area contributed by atoms with E-state index in [-0.39, 0.29) is 17.6 Å². The van der Waals surface area contributed by atoms with E-state index < -0.39 is 6.09 Å². The Labute approximate surface area is 180 Å². The second-order valence-corrected chi connectivity index (χ2v) is 9.04. The zero-order chi connectivity index (χ0) is 22.5. The van der Waals surface area contributed by atoms with Crippen molar-refractivity contribution >= 4 is 17.3 Å². The minimum absolute atomic E-state index is 0.285. The smallest absolute Gasteiger partial charge is 0.407 e. The van der Waals surface area contributed by atoms with Gasteiger partial charge in [-0.2, -0.15) is 10.1 Å². The minimum atomic E-state index is -0.928. The third-order valence-corrected chi connectivity index (χ3v) is 6.00. The van der Waals surface area contributed by atoms with Crippen LogP contribution in [-0.2, 0) is 13.6 Å². The number of imidazole rings is 1. The van der Waals surface area contributed by atoms with Crippen molar-refractivity contribution in [2.75, 3.05) is 6.54 Å². The summed E-state index contributed by atoms with van der Waals surface area (Å²) in [4.78, 5) is 26.8. The quantitative estimate of drug-likeness (QED) is 0.681. The topological polar surface area (TPSA) is 111 Å². The molecular formula is C21H29N7O3. The molecule has 2 unspecified atom stereocenters. The fraction of sp³-hybridized carbons (Fsp3) is 0.571. The predicted molar refractivity (Wildman–Crippen MR) is 115 cm³/mol. The molecule has 0 bridgehead atoms. The Balaban J connectivity index is 1.74. The Kier molecular flexibility index (Phi) is 5.10. The third-order valence-electron chi connectivity index (χ3n) is 6.00. The molecule has 1 N–H and O–H groups in total. The monoisotopic (exact) mass is 427 g/mol. The van der Waals surface area contributed by atoms with Crippen LogP contribution in [0.3, 0.4) is 0 Å². The molecule has 1 aliphatic rings. The molecule has 0 saturated carbocycles. The number of hydrogen-bond donors (Lipinski definition) is 1. The van der Waals surface area contributed by atoms with E-state index in [9.17, 15) is 9.90 Å². The first-order chi connectivity index (χ1) is 14.6. The first-order valence-electron chi connectivity index (χ1n) is 10.5. The van der Waals surface area contributed by atoms with Crippen molar-refractivity contribution in [3.8, 4) is 17.3 Å². The van der Waals surface area contributed by atoms with Gasteiger partial charge in [-0.15, -0.1) is 0 Å². The lowest BCUT2D eigenvalue weighted by Gasteiger charge is -2.36. The third kappa shape index (κ3) is 3.49. The Hall–Kier alpha value is -3.17. The molecule has 1 fully saturated rings. The van der Waals surface area contributed by atoms with E-state index in [1.54, 1.807) is 0 Å². The number of rotatable bonds is 4. The molecule has 1 aliphatic heterocycles. The summed E-state index contributed by atoms with van der Waals surface area (Å²) in [7, 11) is 1.91. The van der Waals surface area contributed by atoms with E-state index in [0.29, 0.717) is 30.0 Å². The minimum Gasteiger partial charge on any atom is -0.470 e. The molecular weight excluding hydrogens is 398 g/mol. The van der Waals surface area contributed by atoms with Crippen molar-refractivity contribution in [3.63, 3.8) is 0 Å². The van der Waals surface area contributed by atoms with Gasteiger partial charge in [-0.3, -0.25) is 4.68 Å². The summed E-state index contributed by atoms with van der Waals surface area (Å²) < 4.78 is 10.1. The summed E-state index contributed by atoms with van der Waals surface area (Å²) in [6.45, 7) is 11.3. The van der Waals surface area contributed by atoms with Crippen LogP contribution >= 0.6 is 0 Å². The number of ether oxygens (including phenoxy) is 1. The van der Waals surface area contributed by atoms with Gasteiger partial charge in [0.15, 0.2) is 11.2 Å². The standard InChI is InChI=1S/C21H29N7O3/c1-7-28-12(2)13(10-24-28)17-25-15-18(26(17)6)22-11-23-19(15)31-14-8-9-27(20(29)30)16(14)21(3,4)5/h10-11,14,16H,7-9H2,1-6H3,(H,29,30). The molecule has 0 radical (unpaired) electrons. The highest BCUT2D eigenvalue weighted by molar-refractivity contribution is 5.81. The van der Waals surface area contributed by atoms with Crippen molar-refractivity contribution in [2.45, 2.75) is 59.7 Å². The van der Waals surface area contributed by atoms with E-state index in [4.69, 9.17) is 9.72 Å². The number of carbonyl (C=O) groups is 1. The van der Waals surface area contributed by atoms with Gasteiger partial charge in [-0.1, -0.05) is 20.8 Å². The maximum Gasteiger partial charge on any atom is 0.407 e. The van der Waals surface area contributed by atoms with Gasteiger partial charge >= 0.3 is 6.09 Å². The van der Waals surface area contributed by atoms with E-state index in [0.717, 1.165) is 23.6 Å². The predicted octanol–water partition coefficient (Wildman–Crippen LogP) is 3.10. The van der Waals surface area contributed by atoms with E-state index in [2.05, 4.69) is 15.1 Å². The SMILES string of the molecule is CCn1ncc(-c2nc3c(OC4CCN(C(=O)O)C4C(C)(C)C)ncnc3n2C)c1C. The molecule has 2 atom stereocenters. The molecule has 3 aromatic rings. The van der Waals surface area contributed by atoms with Crippen LogP contribution in [-0.4, -0.2) is 64.1 Å². The van der Waals surface area contributed by atoms with E-state index in [1.165, 1.54) is 11.2 Å². The van der Waals surface area contributed by atoms with Gasteiger partial charge in [0.1, 0.15) is 18.3 Å². The second kappa shape index (κ2) is 7.51. The van der Waals surface area contributed by atoms with Crippen LogP contribution in [0.4, 0.5) is 4.79 Å². The Morgan fingerprint density at radius 2 is 2.06 bits per heavy atom. The molecule has 4 heterocycles. The van der Waals surface area contributed by atoms with Crippen LogP contribution in [0.25, 0.3) is 22.6 Å². The van der Waals surface area contributed by atoms with Gasteiger partial charge in [-0.05, 0) is 19.3 Å². The zero-order valence-electron chi connectivity index (χ0n) is 18.8. The molecule has 166 valence electrons. The van der Waals surface area contributed by atoms with Crippen LogP contribution in [0.1, 0.15) is 39.8 Å². The lowest BCUT2D eigenvalue weighted by molar-refractivity contribution is 0.0558. The van der Waals surface area contributed by atoms with Crippen LogP contribution in [0.2, 0.25) is 0 Å². The van der Waals surface area contributed by atoms with Crippen LogP contribution < -0.4 is 4.74 Å². The van der Waals surface area contributed by atoms with Gasteiger partial charge in [0.05, 0.1) is 17.8 Å². The summed E-state index contributed by atoms with van der Waals surface area (Å²) in [5.41, 5.74) is 2.89. The van der Waals surface area contributed by atoms with Gasteiger partial charge < -0.3 is 19.3 Å². The number of nitrogens with zero attached hydrogens (tertiary/aromatic N) is 7. The molecule has 1 saturated heterocycles. The van der Waals surface area contributed by atoms with Crippen molar-refractivity contribution < 1.29 is 14.6 Å². The molecule has 31 heavy (non-hydrogen) atoms. The Morgan fingerprint density at radius 1 is 1.32 bits per heavy atom. The highest BCUT2D eigenvalue weighted by Crippen LogP contribution is 2.36. The maximum absolute atomic E-state index is 11.8. The average molecular weight is 428 g/mol. The van der Waals surface area contributed by atoms with Crippen molar-refractivity contribution in [1.29, 1.82) is 0 Å². The second-order valence-electron chi connectivity index (χ2n) is 9.04. The number of aromatic nitrogens is 6. The summed E-state index contributed by atoms with van der Waals surface area (Å²) in [6.07, 6.45) is 2.63. The highest BCUT2D eigenvalue weighted by atomic mass is 16.5. The number of amides is 1. The number of fused-ring (bicyclic) bond motifs is 1. The van der Waals surface area contributed by atoms with Crippen LogP contribution in [0.5, 0.6) is 5.88 Å². The Morgan fingerprint density at radius 3 is 2.68 bits per heavy atom. The zero-order valence-corrected chi connectivity index (χ0v) is 18.8. The maximum atomic E-state index is 11.8. The molecule has 10 heteroatoms. The lowest BCUT2D eigenvalue weighted by atomic mass is 9.84. The number of likely N-dealkylation sites (tertiary alicyclic amines) is 1. The molecule has 10 nitrogen and oxygen atoms in total. The van der Waals surface area contributed by atoms with Crippen LogP contribution in [0, 0.1) is 12.3 Å². The number of carboxylic acid groups (broad SMARTS) is 1. The van der Waals surface area contributed by atoms with E-state index >= 15 is 0 Å². The summed E-state index contributed by atoms with van der Waals surface area (Å²) in [5, 5.41) is 14.1. The fourth-order valence-electron chi connectivity index (χ4n) is 4.56. The summed E-state index contributed by atoms with van der Waals surface area (Å²) >= 11 is 0. The summed E-state index contributed by atoms with van der Waals surface area (Å²) in [6, 6.07) is -0.289. The average Bonchev–Trinajstić information content (AvgIpc) is 3.38. The van der Waals surface area contributed by atoms with Crippen molar-refractivity contribution in [2.24, 2.45) is 12.5 Å². The largest absolute Gasteiger partial charge is 0.470 e. The van der Waals surface area contributed by atoms with Crippen molar-refractivity contribution in [1.82, 2.24) is 34.2 Å². The van der Waals surface area contributed by atoms with Crippen LogP contribution in [0.15, 0.2) is 12.5 Å². The Bertz CT molecular complexity index is 1130.